The number of carbonyl (C=O) groups excluding carboxylic acids is 1. The molecule has 0 bridgehead atoms. The Morgan fingerprint density at radius 1 is 1.12 bits per heavy atom. The summed E-state index contributed by atoms with van der Waals surface area (Å²) < 4.78 is 27.2. The van der Waals surface area contributed by atoms with Crippen LogP contribution in [0.25, 0.3) is 0 Å². The zero-order valence-corrected chi connectivity index (χ0v) is 19.3. The minimum absolute atomic E-state index is 0.0389. The van der Waals surface area contributed by atoms with Crippen LogP contribution in [0.1, 0.15) is 63.6 Å². The van der Waals surface area contributed by atoms with Gasteiger partial charge in [0.15, 0.2) is 0 Å². The van der Waals surface area contributed by atoms with Crippen LogP contribution >= 0.6 is 0 Å². The summed E-state index contributed by atoms with van der Waals surface area (Å²) in [6, 6.07) is 11.2. The highest BCUT2D eigenvalue weighted by molar-refractivity contribution is 5.73. The Bertz CT molecular complexity index is 931. The van der Waals surface area contributed by atoms with Gasteiger partial charge in [0.1, 0.15) is 11.6 Å². The first-order chi connectivity index (χ1) is 15.0. The smallest absolute Gasteiger partial charge is 0.217 e. The molecular weight excluding hydrogens is 410 g/mol. The highest BCUT2D eigenvalue weighted by Crippen LogP contribution is 2.42. The van der Waals surface area contributed by atoms with Gasteiger partial charge in [0, 0.05) is 25.1 Å². The van der Waals surface area contributed by atoms with Crippen LogP contribution < -0.4 is 10.6 Å². The molecule has 0 spiro atoms. The molecule has 2 atom stereocenters. The van der Waals surface area contributed by atoms with Crippen LogP contribution in [0, 0.1) is 11.6 Å². The van der Waals surface area contributed by atoms with Crippen LogP contribution in [0.5, 0.6) is 0 Å². The summed E-state index contributed by atoms with van der Waals surface area (Å²) >= 11 is 0. The molecule has 0 aliphatic heterocycles. The highest BCUT2D eigenvalue weighted by Gasteiger charge is 2.39. The maximum Gasteiger partial charge on any atom is 0.217 e. The van der Waals surface area contributed by atoms with Crippen molar-refractivity contribution in [3.63, 3.8) is 0 Å². The monoisotopic (exact) mass is 444 g/mol. The van der Waals surface area contributed by atoms with Gasteiger partial charge in [-0.25, -0.2) is 8.78 Å². The van der Waals surface area contributed by atoms with Crippen molar-refractivity contribution >= 4 is 5.91 Å². The number of aliphatic hydroxyl groups excluding tert-OH is 1. The first kappa shape index (κ1) is 24.3. The van der Waals surface area contributed by atoms with E-state index in [-0.39, 0.29) is 29.8 Å². The molecule has 1 fully saturated rings. The molecule has 0 saturated heterocycles. The van der Waals surface area contributed by atoms with Gasteiger partial charge in [-0.1, -0.05) is 45.0 Å². The molecule has 0 radical (unpaired) electrons. The number of nitrogens with one attached hydrogen (secondary N) is 2. The van der Waals surface area contributed by atoms with Crippen LogP contribution in [0.2, 0.25) is 0 Å². The Morgan fingerprint density at radius 3 is 2.31 bits per heavy atom. The van der Waals surface area contributed by atoms with Crippen molar-refractivity contribution in [3.05, 3.63) is 70.8 Å². The molecular formula is C26H34F2N2O2. The Labute approximate surface area is 189 Å². The lowest BCUT2D eigenvalue weighted by atomic mass is 9.70. The van der Waals surface area contributed by atoms with Crippen LogP contribution in [0.15, 0.2) is 42.5 Å². The maximum absolute atomic E-state index is 13.6. The van der Waals surface area contributed by atoms with E-state index in [4.69, 9.17) is 0 Å². The van der Waals surface area contributed by atoms with Crippen molar-refractivity contribution in [2.75, 3.05) is 6.54 Å². The highest BCUT2D eigenvalue weighted by atomic mass is 19.1. The van der Waals surface area contributed by atoms with Gasteiger partial charge in [-0.2, -0.15) is 0 Å². The van der Waals surface area contributed by atoms with Gasteiger partial charge in [0.25, 0.3) is 0 Å². The van der Waals surface area contributed by atoms with Gasteiger partial charge < -0.3 is 15.7 Å². The average molecular weight is 445 g/mol. The maximum atomic E-state index is 13.6. The van der Waals surface area contributed by atoms with E-state index in [1.165, 1.54) is 30.2 Å². The first-order valence-corrected chi connectivity index (χ1v) is 11.2. The predicted molar refractivity (Wildman–Crippen MR) is 122 cm³/mol. The first-order valence-electron chi connectivity index (χ1n) is 11.2. The number of amides is 1. The van der Waals surface area contributed by atoms with E-state index in [1.807, 2.05) is 0 Å². The van der Waals surface area contributed by atoms with E-state index in [0.717, 1.165) is 25.3 Å². The third-order valence-corrected chi connectivity index (χ3v) is 6.37. The third kappa shape index (κ3) is 5.93. The molecule has 0 aromatic heterocycles. The van der Waals surface area contributed by atoms with Gasteiger partial charge in [0.2, 0.25) is 5.91 Å². The quantitative estimate of drug-likeness (QED) is 0.568. The normalized spacial score (nSPS) is 17.3. The molecule has 1 amide bonds. The molecule has 1 aliphatic carbocycles. The van der Waals surface area contributed by atoms with Gasteiger partial charge in [-0.3, -0.25) is 4.79 Å². The summed E-state index contributed by atoms with van der Waals surface area (Å²) in [6.45, 7) is 8.17. The minimum atomic E-state index is -0.923. The molecule has 174 valence electrons. The zero-order chi connectivity index (χ0) is 23.5. The number of hydrogen-bond acceptors (Lipinski definition) is 3. The van der Waals surface area contributed by atoms with E-state index >= 15 is 0 Å². The van der Waals surface area contributed by atoms with Crippen LogP contribution in [-0.2, 0) is 22.2 Å². The second-order valence-electron chi connectivity index (χ2n) is 10.0. The molecule has 32 heavy (non-hydrogen) atoms. The Kier molecular flexibility index (Phi) is 7.36. The van der Waals surface area contributed by atoms with Gasteiger partial charge >= 0.3 is 0 Å². The summed E-state index contributed by atoms with van der Waals surface area (Å²) in [5.74, 6) is -1.66. The van der Waals surface area contributed by atoms with Crippen LogP contribution in [0.4, 0.5) is 8.78 Å². The molecule has 1 aliphatic rings. The Balaban J connectivity index is 1.74. The molecule has 1 saturated carbocycles. The minimum Gasteiger partial charge on any atom is -0.390 e. The van der Waals surface area contributed by atoms with E-state index in [1.54, 1.807) is 0 Å². The number of hydrogen-bond donors (Lipinski definition) is 3. The standard InChI is InChI=1S/C26H34F2N2O2/c1-17(31)30-23(13-18-11-21(27)15-22(28)12-18)24(32)16-29-26(9-6-10-26)20-8-5-7-19(14-20)25(2,3)4/h5,7-8,11-12,14-15,23-24,29,32H,6,9-10,13,16H2,1-4H3,(H,30,31)/t23-,24+/m0/s1. The van der Waals surface area contributed by atoms with Crippen molar-refractivity contribution in [1.82, 2.24) is 10.6 Å². The van der Waals surface area contributed by atoms with E-state index in [2.05, 4.69) is 55.7 Å². The van der Waals surface area contributed by atoms with Gasteiger partial charge in [-0.15, -0.1) is 0 Å². The fraction of sp³-hybridized carbons (Fsp3) is 0.500. The molecule has 2 aromatic rings. The van der Waals surface area contributed by atoms with Crippen molar-refractivity contribution in [3.8, 4) is 0 Å². The summed E-state index contributed by atoms with van der Waals surface area (Å²) in [5, 5.41) is 17.2. The van der Waals surface area contributed by atoms with E-state index < -0.39 is 23.8 Å². The third-order valence-electron chi connectivity index (χ3n) is 6.37. The molecule has 4 nitrogen and oxygen atoms in total. The zero-order valence-electron chi connectivity index (χ0n) is 19.3. The Hall–Kier alpha value is -2.31. The second-order valence-corrected chi connectivity index (χ2v) is 10.0. The molecule has 3 rings (SSSR count). The number of rotatable bonds is 8. The predicted octanol–water partition coefficient (Wildman–Crippen LogP) is 4.34. The summed E-state index contributed by atoms with van der Waals surface area (Å²) in [4.78, 5) is 11.7. The van der Waals surface area contributed by atoms with Crippen LogP contribution in [-0.4, -0.2) is 29.7 Å². The lowest BCUT2D eigenvalue weighted by Gasteiger charge is -2.45. The number of aliphatic hydroxyl groups is 1. The molecule has 2 aromatic carbocycles. The Morgan fingerprint density at radius 2 is 1.78 bits per heavy atom. The lowest BCUT2D eigenvalue weighted by molar-refractivity contribution is -0.120. The summed E-state index contributed by atoms with van der Waals surface area (Å²) in [5.41, 5.74) is 2.67. The van der Waals surface area contributed by atoms with E-state index in [9.17, 15) is 18.7 Å². The molecule has 0 unspecified atom stereocenters. The van der Waals surface area contributed by atoms with Crippen molar-refractivity contribution in [2.24, 2.45) is 0 Å². The number of halogens is 2. The van der Waals surface area contributed by atoms with Gasteiger partial charge in [-0.05, 0) is 59.9 Å². The second kappa shape index (κ2) is 9.67. The topological polar surface area (TPSA) is 61.4 Å². The van der Waals surface area contributed by atoms with Crippen molar-refractivity contribution in [1.29, 1.82) is 0 Å². The molecule has 3 N–H and O–H groups in total. The summed E-state index contributed by atoms with van der Waals surface area (Å²) in [7, 11) is 0. The fourth-order valence-electron chi connectivity index (χ4n) is 4.35. The van der Waals surface area contributed by atoms with Crippen molar-refractivity contribution < 1.29 is 18.7 Å². The van der Waals surface area contributed by atoms with Crippen LogP contribution in [0.3, 0.4) is 0 Å². The largest absolute Gasteiger partial charge is 0.390 e. The average Bonchev–Trinajstić information content (AvgIpc) is 2.65. The summed E-state index contributed by atoms with van der Waals surface area (Å²) in [6.07, 6.45) is 2.23. The number of carbonyl (C=O) groups is 1. The lowest BCUT2D eigenvalue weighted by Crippen LogP contribution is -2.55. The fourth-order valence-corrected chi connectivity index (χ4v) is 4.35. The molecule has 6 heteroatoms. The molecule has 0 heterocycles. The van der Waals surface area contributed by atoms with Gasteiger partial charge in [0.05, 0.1) is 12.1 Å². The SMILES string of the molecule is CC(=O)N[C@@H](Cc1cc(F)cc(F)c1)[C@H](O)CNC1(c2cccc(C(C)(C)C)c2)CCC1. The van der Waals surface area contributed by atoms with E-state index in [0.29, 0.717) is 5.56 Å². The number of benzene rings is 2. The van der Waals surface area contributed by atoms with Crippen molar-refractivity contribution in [2.45, 2.75) is 76.5 Å².